The summed E-state index contributed by atoms with van der Waals surface area (Å²) in [5.74, 6) is 0.0146. The number of carbonyl (C=O) groups excluding carboxylic acids is 2. The molecule has 0 atom stereocenters. The highest BCUT2D eigenvalue weighted by molar-refractivity contribution is 7.13. The molecule has 0 spiro atoms. The number of rotatable bonds is 6. The Kier molecular flexibility index (Phi) is 5.23. The Bertz CT molecular complexity index is 937. The molecule has 3 aromatic rings. The molecule has 2 heterocycles. The van der Waals surface area contributed by atoms with Crippen LogP contribution in [0.15, 0.2) is 48.0 Å². The molecule has 1 aromatic carbocycles. The molecule has 7 nitrogen and oxygen atoms in total. The zero-order valence-corrected chi connectivity index (χ0v) is 14.8. The predicted octanol–water partition coefficient (Wildman–Crippen LogP) is 2.87. The summed E-state index contributed by atoms with van der Waals surface area (Å²) < 4.78 is 0. The van der Waals surface area contributed by atoms with Gasteiger partial charge in [0.1, 0.15) is 5.82 Å². The van der Waals surface area contributed by atoms with Crippen molar-refractivity contribution in [3.05, 3.63) is 64.8 Å². The number of carbonyl (C=O) groups is 2. The van der Waals surface area contributed by atoms with Gasteiger partial charge in [0.2, 0.25) is 11.8 Å². The number of aromatic nitrogens is 2. The van der Waals surface area contributed by atoms with Crippen molar-refractivity contribution >= 4 is 39.8 Å². The molecule has 0 aliphatic rings. The molecule has 0 saturated heterocycles. The average Bonchev–Trinajstić information content (AvgIpc) is 3.02. The second kappa shape index (κ2) is 7.75. The first-order valence-corrected chi connectivity index (χ1v) is 8.71. The Morgan fingerprint density at radius 1 is 1.19 bits per heavy atom. The number of amides is 2. The van der Waals surface area contributed by atoms with Crippen molar-refractivity contribution in [3.8, 4) is 0 Å². The van der Waals surface area contributed by atoms with E-state index in [-0.39, 0.29) is 12.3 Å². The number of hydrogen-bond donors (Lipinski definition) is 3. The van der Waals surface area contributed by atoms with E-state index in [1.165, 1.54) is 11.3 Å². The van der Waals surface area contributed by atoms with Crippen molar-refractivity contribution in [1.82, 2.24) is 9.97 Å². The summed E-state index contributed by atoms with van der Waals surface area (Å²) in [4.78, 5) is 31.8. The quantitative estimate of drug-likeness (QED) is 0.620. The number of anilines is 3. The van der Waals surface area contributed by atoms with E-state index in [9.17, 15) is 9.59 Å². The standard InChI is InChI=1S/C18H17N5O2S/c1-11-6-7-20-15(8-11)23-18-22-14(10-26-18)9-16(24)21-13-4-2-12(3-5-13)17(19)25/h2-8,10H,9H2,1H3,(H2,19,25)(H,21,24)(H,20,22,23). The molecule has 132 valence electrons. The second-order valence-electron chi connectivity index (χ2n) is 5.65. The Balaban J connectivity index is 1.58. The lowest BCUT2D eigenvalue weighted by molar-refractivity contribution is -0.115. The smallest absolute Gasteiger partial charge is 0.248 e. The first-order chi connectivity index (χ1) is 12.5. The van der Waals surface area contributed by atoms with Crippen LogP contribution in [0.1, 0.15) is 21.6 Å². The molecular formula is C18H17N5O2S. The minimum atomic E-state index is -0.506. The Labute approximate surface area is 154 Å². The lowest BCUT2D eigenvalue weighted by Crippen LogP contribution is -2.15. The van der Waals surface area contributed by atoms with Gasteiger partial charge < -0.3 is 16.4 Å². The highest BCUT2D eigenvalue weighted by Gasteiger charge is 2.09. The summed E-state index contributed by atoms with van der Waals surface area (Å²) in [6.07, 6.45) is 1.88. The van der Waals surface area contributed by atoms with Gasteiger partial charge in [-0.3, -0.25) is 9.59 Å². The third-order valence-electron chi connectivity index (χ3n) is 3.50. The Morgan fingerprint density at radius 3 is 2.65 bits per heavy atom. The van der Waals surface area contributed by atoms with E-state index in [1.807, 2.05) is 24.4 Å². The number of nitrogens with two attached hydrogens (primary N) is 1. The lowest BCUT2D eigenvalue weighted by Gasteiger charge is -2.04. The number of nitrogens with zero attached hydrogens (tertiary/aromatic N) is 2. The van der Waals surface area contributed by atoms with Crippen molar-refractivity contribution in [1.29, 1.82) is 0 Å². The molecule has 0 fully saturated rings. The molecule has 0 aliphatic heterocycles. The van der Waals surface area contributed by atoms with Crippen LogP contribution in [0.5, 0.6) is 0 Å². The molecule has 0 bridgehead atoms. The summed E-state index contributed by atoms with van der Waals surface area (Å²) in [6, 6.07) is 10.2. The van der Waals surface area contributed by atoms with Crippen molar-refractivity contribution in [2.45, 2.75) is 13.3 Å². The maximum Gasteiger partial charge on any atom is 0.248 e. The zero-order valence-electron chi connectivity index (χ0n) is 14.0. The molecule has 0 unspecified atom stereocenters. The predicted molar refractivity (Wildman–Crippen MR) is 102 cm³/mol. The number of benzene rings is 1. The number of nitrogens with one attached hydrogen (secondary N) is 2. The number of primary amides is 1. The normalized spacial score (nSPS) is 10.3. The summed E-state index contributed by atoms with van der Waals surface area (Å²) in [7, 11) is 0. The van der Waals surface area contributed by atoms with Gasteiger partial charge in [-0.05, 0) is 48.9 Å². The highest BCUT2D eigenvalue weighted by Crippen LogP contribution is 2.20. The van der Waals surface area contributed by atoms with Crippen LogP contribution in [0.25, 0.3) is 0 Å². The summed E-state index contributed by atoms with van der Waals surface area (Å²) in [6.45, 7) is 1.99. The number of hydrogen-bond acceptors (Lipinski definition) is 6. The second-order valence-corrected chi connectivity index (χ2v) is 6.51. The summed E-state index contributed by atoms with van der Waals surface area (Å²) in [5, 5.41) is 8.39. The van der Waals surface area contributed by atoms with Crippen LogP contribution in [0.2, 0.25) is 0 Å². The minimum absolute atomic E-state index is 0.150. The van der Waals surface area contributed by atoms with Crippen LogP contribution in [-0.2, 0) is 11.2 Å². The van der Waals surface area contributed by atoms with E-state index in [4.69, 9.17) is 5.73 Å². The van der Waals surface area contributed by atoms with Gasteiger partial charge in [-0.2, -0.15) is 0 Å². The SMILES string of the molecule is Cc1ccnc(Nc2nc(CC(=O)Nc3ccc(C(N)=O)cc3)cs2)c1. The van der Waals surface area contributed by atoms with E-state index >= 15 is 0 Å². The maximum absolute atomic E-state index is 12.1. The van der Waals surface area contributed by atoms with Gasteiger partial charge in [0.05, 0.1) is 12.1 Å². The topological polar surface area (TPSA) is 110 Å². The fraction of sp³-hybridized carbons (Fsp3) is 0.111. The molecule has 2 amide bonds. The average molecular weight is 367 g/mol. The molecule has 0 radical (unpaired) electrons. The van der Waals surface area contributed by atoms with Crippen molar-refractivity contribution in [2.75, 3.05) is 10.6 Å². The van der Waals surface area contributed by atoms with Gasteiger partial charge in [0, 0.05) is 22.8 Å². The van der Waals surface area contributed by atoms with Crippen LogP contribution in [0, 0.1) is 6.92 Å². The monoisotopic (exact) mass is 367 g/mol. The first-order valence-electron chi connectivity index (χ1n) is 7.83. The summed E-state index contributed by atoms with van der Waals surface area (Å²) >= 11 is 1.41. The molecule has 0 aliphatic carbocycles. The van der Waals surface area contributed by atoms with Crippen molar-refractivity contribution < 1.29 is 9.59 Å². The zero-order chi connectivity index (χ0) is 18.5. The van der Waals surface area contributed by atoms with Gasteiger partial charge in [0.15, 0.2) is 5.13 Å². The molecular weight excluding hydrogens is 350 g/mol. The maximum atomic E-state index is 12.1. The van der Waals surface area contributed by atoms with Crippen LogP contribution in [-0.4, -0.2) is 21.8 Å². The van der Waals surface area contributed by atoms with Crippen molar-refractivity contribution in [2.24, 2.45) is 5.73 Å². The van der Waals surface area contributed by atoms with Crippen LogP contribution in [0.3, 0.4) is 0 Å². The number of aryl methyl sites for hydroxylation is 1. The van der Waals surface area contributed by atoms with E-state index in [0.29, 0.717) is 27.9 Å². The van der Waals surface area contributed by atoms with Crippen LogP contribution >= 0.6 is 11.3 Å². The first kappa shape index (κ1) is 17.6. The number of thiazole rings is 1. The van der Waals surface area contributed by atoms with Gasteiger partial charge >= 0.3 is 0 Å². The Hall–Kier alpha value is -3.26. The van der Waals surface area contributed by atoms with Crippen LogP contribution in [0.4, 0.5) is 16.6 Å². The van der Waals surface area contributed by atoms with Gasteiger partial charge in [0.25, 0.3) is 0 Å². The molecule has 3 rings (SSSR count). The van der Waals surface area contributed by atoms with E-state index in [2.05, 4.69) is 20.6 Å². The van der Waals surface area contributed by atoms with Crippen LogP contribution < -0.4 is 16.4 Å². The minimum Gasteiger partial charge on any atom is -0.366 e. The fourth-order valence-corrected chi connectivity index (χ4v) is 2.96. The highest BCUT2D eigenvalue weighted by atomic mass is 32.1. The van der Waals surface area contributed by atoms with E-state index < -0.39 is 5.91 Å². The largest absolute Gasteiger partial charge is 0.366 e. The molecule has 0 saturated carbocycles. The molecule has 26 heavy (non-hydrogen) atoms. The Morgan fingerprint density at radius 2 is 1.96 bits per heavy atom. The van der Waals surface area contributed by atoms with Gasteiger partial charge in [-0.1, -0.05) is 0 Å². The molecule has 4 N–H and O–H groups in total. The molecule has 8 heteroatoms. The van der Waals surface area contributed by atoms with Crippen molar-refractivity contribution in [3.63, 3.8) is 0 Å². The third-order valence-corrected chi connectivity index (χ3v) is 4.30. The van der Waals surface area contributed by atoms with Gasteiger partial charge in [-0.25, -0.2) is 9.97 Å². The van der Waals surface area contributed by atoms with Gasteiger partial charge in [-0.15, -0.1) is 11.3 Å². The lowest BCUT2D eigenvalue weighted by atomic mass is 10.2. The fourth-order valence-electron chi connectivity index (χ4n) is 2.25. The van der Waals surface area contributed by atoms with E-state index in [0.717, 1.165) is 5.56 Å². The molecule has 2 aromatic heterocycles. The van der Waals surface area contributed by atoms with E-state index in [1.54, 1.807) is 30.5 Å². The number of pyridine rings is 1. The third kappa shape index (κ3) is 4.64. The summed E-state index contributed by atoms with van der Waals surface area (Å²) in [5.41, 5.74) is 7.94.